The van der Waals surface area contributed by atoms with Crippen molar-refractivity contribution in [2.24, 2.45) is 0 Å². The highest BCUT2D eigenvalue weighted by atomic mass is 35.5. The largest absolute Gasteiger partial charge is 0.326 e. The number of anilines is 2. The summed E-state index contributed by atoms with van der Waals surface area (Å²) in [6.07, 6.45) is 0.211. The first-order valence-corrected chi connectivity index (χ1v) is 10.1. The fraction of sp³-hybridized carbons (Fsp3) is 0.130. The average molecular weight is 460 g/mol. The van der Waals surface area contributed by atoms with E-state index in [9.17, 15) is 22.8 Å². The number of rotatable bonds is 4. The topological polar surface area (TPSA) is 61.4 Å². The molecule has 4 rings (SSSR count). The van der Waals surface area contributed by atoms with Crippen LogP contribution in [0.4, 0.5) is 29.3 Å². The number of amides is 3. The molecule has 1 aliphatic rings. The van der Waals surface area contributed by atoms with E-state index in [1.165, 1.54) is 30.3 Å². The molecule has 0 unspecified atom stereocenters. The van der Waals surface area contributed by atoms with Crippen molar-refractivity contribution in [2.45, 2.75) is 12.5 Å². The van der Waals surface area contributed by atoms with Crippen molar-refractivity contribution >= 4 is 34.9 Å². The van der Waals surface area contributed by atoms with Crippen molar-refractivity contribution in [2.75, 3.05) is 16.8 Å². The second-order valence-electron chi connectivity index (χ2n) is 7.18. The summed E-state index contributed by atoms with van der Waals surface area (Å²) in [5.74, 6) is -3.78. The van der Waals surface area contributed by atoms with Crippen LogP contribution < -0.4 is 15.5 Å². The molecular weight excluding hydrogens is 443 g/mol. The van der Waals surface area contributed by atoms with Crippen molar-refractivity contribution in [3.05, 3.63) is 83.1 Å². The number of hydrogen-bond donors (Lipinski definition) is 2. The molecule has 3 aromatic rings. The smallest absolute Gasteiger partial charge is 0.319 e. The normalized spacial score (nSPS) is 15.7. The van der Waals surface area contributed by atoms with Gasteiger partial charge >= 0.3 is 6.03 Å². The van der Waals surface area contributed by atoms with E-state index in [-0.39, 0.29) is 29.8 Å². The Kier molecular flexibility index (Phi) is 6.05. The van der Waals surface area contributed by atoms with Gasteiger partial charge < -0.3 is 15.5 Å². The Hall–Kier alpha value is -3.52. The molecule has 3 aromatic carbocycles. The quantitative estimate of drug-likeness (QED) is 0.552. The molecule has 0 spiro atoms. The van der Waals surface area contributed by atoms with E-state index in [2.05, 4.69) is 10.6 Å². The monoisotopic (exact) mass is 459 g/mol. The van der Waals surface area contributed by atoms with Crippen LogP contribution in [0.3, 0.4) is 0 Å². The zero-order valence-electron chi connectivity index (χ0n) is 16.5. The minimum Gasteiger partial charge on any atom is -0.326 e. The standard InChI is InChI=1S/C23H17ClF3N3O2/c24-13-5-7-14(8-6-13)28-23(32)29-18-11-12-30(22(18)31)19-10-9-16(20(26)21(19)27)15-3-1-2-4-17(15)25/h1-10,18H,11-12H2,(H2,28,29,32)/t18-/m1/s1. The zero-order chi connectivity index (χ0) is 22.8. The molecule has 0 saturated carbocycles. The molecule has 164 valence electrons. The van der Waals surface area contributed by atoms with Crippen LogP contribution in [0.1, 0.15) is 6.42 Å². The third kappa shape index (κ3) is 4.27. The molecule has 0 radical (unpaired) electrons. The summed E-state index contributed by atoms with van der Waals surface area (Å²) in [6.45, 7) is 0.0835. The molecule has 1 atom stereocenters. The lowest BCUT2D eigenvalue weighted by Gasteiger charge is -2.19. The highest BCUT2D eigenvalue weighted by Gasteiger charge is 2.36. The molecule has 32 heavy (non-hydrogen) atoms. The summed E-state index contributed by atoms with van der Waals surface area (Å²) < 4.78 is 43.5. The predicted molar refractivity (Wildman–Crippen MR) is 116 cm³/mol. The highest BCUT2D eigenvalue weighted by Crippen LogP contribution is 2.33. The molecule has 1 saturated heterocycles. The van der Waals surface area contributed by atoms with Crippen molar-refractivity contribution in [1.29, 1.82) is 0 Å². The summed E-state index contributed by atoms with van der Waals surface area (Å²) in [5.41, 5.74) is -0.115. The molecule has 0 aliphatic carbocycles. The lowest BCUT2D eigenvalue weighted by molar-refractivity contribution is -0.118. The Morgan fingerprint density at radius 3 is 2.38 bits per heavy atom. The van der Waals surface area contributed by atoms with Gasteiger partial charge in [-0.2, -0.15) is 0 Å². The number of halogens is 4. The van der Waals surface area contributed by atoms with Crippen LogP contribution in [0, 0.1) is 17.5 Å². The Labute approximate surface area is 186 Å². The van der Waals surface area contributed by atoms with E-state index >= 15 is 0 Å². The number of benzene rings is 3. The fourth-order valence-electron chi connectivity index (χ4n) is 3.55. The van der Waals surface area contributed by atoms with Crippen molar-refractivity contribution in [3.8, 4) is 11.1 Å². The van der Waals surface area contributed by atoms with Gasteiger partial charge in [-0.05, 0) is 48.9 Å². The summed E-state index contributed by atoms with van der Waals surface area (Å²) in [4.78, 5) is 26.0. The lowest BCUT2D eigenvalue weighted by Crippen LogP contribution is -2.43. The number of urea groups is 1. The Bertz CT molecular complexity index is 1190. The van der Waals surface area contributed by atoms with Gasteiger partial charge in [-0.1, -0.05) is 29.8 Å². The van der Waals surface area contributed by atoms with Gasteiger partial charge in [0.1, 0.15) is 11.9 Å². The fourth-order valence-corrected chi connectivity index (χ4v) is 3.67. The lowest BCUT2D eigenvalue weighted by atomic mass is 10.0. The highest BCUT2D eigenvalue weighted by molar-refractivity contribution is 6.30. The maximum atomic E-state index is 14.8. The second-order valence-corrected chi connectivity index (χ2v) is 7.61. The SMILES string of the molecule is O=C(Nc1ccc(Cl)cc1)N[C@@H]1CCN(c2ccc(-c3ccccc3F)c(F)c2F)C1=O. The van der Waals surface area contributed by atoms with Gasteiger partial charge in [0.2, 0.25) is 5.91 Å². The number of carbonyl (C=O) groups is 2. The molecular formula is C23H17ClF3N3O2. The molecule has 3 amide bonds. The number of carbonyl (C=O) groups excluding carboxylic acids is 2. The minimum atomic E-state index is -1.26. The Balaban J connectivity index is 1.49. The van der Waals surface area contributed by atoms with Crippen molar-refractivity contribution in [1.82, 2.24) is 5.32 Å². The first-order chi connectivity index (χ1) is 15.3. The predicted octanol–water partition coefficient (Wildman–Crippen LogP) is 5.35. The van der Waals surface area contributed by atoms with Crippen LogP contribution in [0.15, 0.2) is 60.7 Å². The van der Waals surface area contributed by atoms with Crippen LogP contribution >= 0.6 is 11.6 Å². The van der Waals surface area contributed by atoms with Crippen molar-refractivity contribution in [3.63, 3.8) is 0 Å². The molecule has 1 aliphatic heterocycles. The third-order valence-electron chi connectivity index (χ3n) is 5.13. The third-order valence-corrected chi connectivity index (χ3v) is 5.38. The summed E-state index contributed by atoms with van der Waals surface area (Å²) in [6, 6.07) is 12.8. The van der Waals surface area contributed by atoms with Crippen LogP contribution in [-0.4, -0.2) is 24.5 Å². The molecule has 9 heteroatoms. The van der Waals surface area contributed by atoms with Gasteiger partial charge in [0.15, 0.2) is 11.6 Å². The van der Waals surface area contributed by atoms with E-state index in [1.807, 2.05) is 0 Å². The van der Waals surface area contributed by atoms with Gasteiger partial charge in [0.25, 0.3) is 0 Å². The number of nitrogens with one attached hydrogen (secondary N) is 2. The Morgan fingerprint density at radius 2 is 1.66 bits per heavy atom. The van der Waals surface area contributed by atoms with Crippen LogP contribution in [0.2, 0.25) is 5.02 Å². The number of nitrogens with zero attached hydrogens (tertiary/aromatic N) is 1. The van der Waals surface area contributed by atoms with E-state index in [0.717, 1.165) is 11.0 Å². The average Bonchev–Trinajstić information content (AvgIpc) is 3.12. The van der Waals surface area contributed by atoms with Crippen LogP contribution in [0.25, 0.3) is 11.1 Å². The summed E-state index contributed by atoms with van der Waals surface area (Å²) in [7, 11) is 0. The molecule has 1 fully saturated rings. The van der Waals surface area contributed by atoms with E-state index < -0.39 is 35.4 Å². The first-order valence-electron chi connectivity index (χ1n) is 9.72. The molecule has 0 bridgehead atoms. The number of hydrogen-bond acceptors (Lipinski definition) is 2. The van der Waals surface area contributed by atoms with Crippen LogP contribution in [0.5, 0.6) is 0 Å². The minimum absolute atomic E-state index is 0.0818. The summed E-state index contributed by atoms with van der Waals surface area (Å²) >= 11 is 5.80. The van der Waals surface area contributed by atoms with Gasteiger partial charge in [-0.15, -0.1) is 0 Å². The van der Waals surface area contributed by atoms with Gasteiger partial charge in [-0.3, -0.25) is 4.79 Å². The second kappa shape index (κ2) is 8.92. The maximum absolute atomic E-state index is 14.8. The van der Waals surface area contributed by atoms with E-state index in [4.69, 9.17) is 11.6 Å². The molecule has 0 aromatic heterocycles. The summed E-state index contributed by atoms with van der Waals surface area (Å²) in [5, 5.41) is 5.61. The van der Waals surface area contributed by atoms with Gasteiger partial charge in [-0.25, -0.2) is 18.0 Å². The molecule has 2 N–H and O–H groups in total. The van der Waals surface area contributed by atoms with Crippen molar-refractivity contribution < 1.29 is 22.8 Å². The van der Waals surface area contributed by atoms with E-state index in [1.54, 1.807) is 24.3 Å². The molecule has 1 heterocycles. The zero-order valence-corrected chi connectivity index (χ0v) is 17.3. The van der Waals surface area contributed by atoms with Gasteiger partial charge in [0.05, 0.1) is 5.69 Å². The molecule has 5 nitrogen and oxygen atoms in total. The van der Waals surface area contributed by atoms with Gasteiger partial charge in [0, 0.05) is 28.4 Å². The van der Waals surface area contributed by atoms with Crippen LogP contribution in [-0.2, 0) is 4.79 Å². The Morgan fingerprint density at radius 1 is 0.938 bits per heavy atom. The maximum Gasteiger partial charge on any atom is 0.319 e. The van der Waals surface area contributed by atoms with E-state index in [0.29, 0.717) is 10.7 Å². The first kappa shape index (κ1) is 21.7.